The summed E-state index contributed by atoms with van der Waals surface area (Å²) in [5.41, 5.74) is 0.581. The zero-order valence-electron chi connectivity index (χ0n) is 21.2. The number of fused-ring (bicyclic) bond motifs is 4. The monoisotopic (exact) mass is 515 g/mol. The second-order valence-corrected chi connectivity index (χ2v) is 9.70. The Labute approximate surface area is 218 Å². The number of benzene rings is 3. The molecule has 7 nitrogen and oxygen atoms in total. The van der Waals surface area contributed by atoms with Crippen molar-refractivity contribution in [1.82, 2.24) is 9.88 Å². The van der Waals surface area contributed by atoms with Gasteiger partial charge in [-0.2, -0.15) is 0 Å². The summed E-state index contributed by atoms with van der Waals surface area (Å²) in [7, 11) is 0. The van der Waals surface area contributed by atoms with Crippen LogP contribution in [0.3, 0.4) is 0 Å². The summed E-state index contributed by atoms with van der Waals surface area (Å²) in [4.78, 5) is 35.6. The molecule has 3 aromatic carbocycles. The lowest BCUT2D eigenvalue weighted by Gasteiger charge is -2.24. The molecule has 0 aliphatic carbocycles. The molecule has 190 valence electrons. The van der Waals surface area contributed by atoms with Crippen molar-refractivity contribution in [2.24, 2.45) is 0 Å². The first-order valence-electron chi connectivity index (χ1n) is 12.6. The van der Waals surface area contributed by atoms with Gasteiger partial charge in [-0.3, -0.25) is 9.69 Å². The van der Waals surface area contributed by atoms with Gasteiger partial charge in [-0.1, -0.05) is 55.5 Å². The van der Waals surface area contributed by atoms with Gasteiger partial charge in [-0.05, 0) is 61.1 Å². The largest absolute Gasteiger partial charge is 0.494 e. The van der Waals surface area contributed by atoms with Gasteiger partial charge in [0.2, 0.25) is 0 Å². The smallest absolute Gasteiger partial charge is 0.349 e. The molecule has 1 amide bonds. The van der Waals surface area contributed by atoms with Crippen molar-refractivity contribution in [3.8, 4) is 5.75 Å². The van der Waals surface area contributed by atoms with Crippen molar-refractivity contribution in [2.45, 2.75) is 20.8 Å². The summed E-state index contributed by atoms with van der Waals surface area (Å²) >= 11 is 1.41. The molecule has 8 heteroatoms. The van der Waals surface area contributed by atoms with E-state index in [1.54, 1.807) is 17.0 Å². The van der Waals surface area contributed by atoms with Crippen molar-refractivity contribution in [2.75, 3.05) is 37.7 Å². The van der Waals surface area contributed by atoms with Crippen LogP contribution in [0, 0.1) is 0 Å². The third-order valence-corrected chi connectivity index (χ3v) is 7.58. The minimum Gasteiger partial charge on any atom is -0.494 e. The highest BCUT2D eigenvalue weighted by Crippen LogP contribution is 2.33. The Balaban J connectivity index is 1.60. The first-order valence-corrected chi connectivity index (χ1v) is 13.4. The second-order valence-electron chi connectivity index (χ2n) is 8.69. The van der Waals surface area contributed by atoms with Gasteiger partial charge in [0.25, 0.3) is 5.91 Å². The second kappa shape index (κ2) is 10.7. The summed E-state index contributed by atoms with van der Waals surface area (Å²) < 4.78 is 12.2. The Morgan fingerprint density at radius 1 is 0.973 bits per heavy atom. The average molecular weight is 516 g/mol. The molecule has 0 N–H and O–H groups in total. The van der Waals surface area contributed by atoms with E-state index in [2.05, 4.69) is 18.7 Å². The molecular weight excluding hydrogens is 486 g/mol. The number of likely N-dealkylation sites (N-methyl/N-ethyl adjacent to an activating group) is 1. The van der Waals surface area contributed by atoms with E-state index < -0.39 is 11.5 Å². The molecule has 0 aliphatic rings. The standard InChI is InChI=1S/C29H29N3O4S/c1-4-31(5-2)15-16-32(29-30-24-13-12-20(35-6-3)17-26(24)37-29)27(33)23-18-22-21-10-8-7-9-19(21)11-14-25(22)36-28(23)34/h7-14,17-18H,4-6,15-16H2,1-3H3. The number of hydrogen-bond donors (Lipinski definition) is 0. The topological polar surface area (TPSA) is 75.9 Å². The fourth-order valence-electron chi connectivity index (χ4n) is 4.50. The number of hydrogen-bond acceptors (Lipinski definition) is 7. The Bertz CT molecular complexity index is 1640. The average Bonchev–Trinajstić information content (AvgIpc) is 3.33. The molecule has 0 spiro atoms. The number of aromatic nitrogens is 1. The SMILES string of the molecule is CCOc1ccc2nc(N(CCN(CC)CC)C(=O)c3cc4c(ccc5ccccc54)oc3=O)sc2c1. The minimum absolute atomic E-state index is 0.00217. The maximum absolute atomic E-state index is 14.0. The maximum Gasteiger partial charge on any atom is 0.349 e. The first-order chi connectivity index (χ1) is 18.0. The number of carbonyl (C=O) groups is 1. The van der Waals surface area contributed by atoms with Gasteiger partial charge >= 0.3 is 5.63 Å². The molecule has 0 atom stereocenters. The molecule has 0 saturated heterocycles. The molecule has 0 fully saturated rings. The van der Waals surface area contributed by atoms with E-state index in [-0.39, 0.29) is 5.56 Å². The van der Waals surface area contributed by atoms with Crippen LogP contribution in [0.5, 0.6) is 5.75 Å². The normalized spacial score (nSPS) is 11.6. The van der Waals surface area contributed by atoms with E-state index in [1.807, 2.05) is 55.5 Å². The number of rotatable bonds is 9. The molecule has 0 bridgehead atoms. The van der Waals surface area contributed by atoms with Crippen molar-refractivity contribution in [1.29, 1.82) is 0 Å². The Morgan fingerprint density at radius 2 is 1.78 bits per heavy atom. The number of thiazole rings is 1. The maximum atomic E-state index is 14.0. The number of carbonyl (C=O) groups excluding carboxylic acids is 1. The zero-order chi connectivity index (χ0) is 25.9. The van der Waals surface area contributed by atoms with Crippen molar-refractivity contribution < 1.29 is 13.9 Å². The molecule has 0 radical (unpaired) electrons. The molecule has 2 heterocycles. The number of nitrogens with zero attached hydrogens (tertiary/aromatic N) is 3. The lowest BCUT2D eigenvalue weighted by atomic mass is 10.0. The van der Waals surface area contributed by atoms with Crippen LogP contribution in [-0.2, 0) is 0 Å². The molecule has 37 heavy (non-hydrogen) atoms. The van der Waals surface area contributed by atoms with Crippen LogP contribution < -0.4 is 15.3 Å². The molecule has 5 rings (SSSR count). The summed E-state index contributed by atoms with van der Waals surface area (Å²) in [5, 5.41) is 3.21. The van der Waals surface area contributed by atoms with Crippen molar-refractivity contribution >= 4 is 54.3 Å². The van der Waals surface area contributed by atoms with Gasteiger partial charge in [0, 0.05) is 18.5 Å². The first kappa shape index (κ1) is 24.9. The van der Waals surface area contributed by atoms with E-state index in [4.69, 9.17) is 14.1 Å². The number of anilines is 1. The van der Waals surface area contributed by atoms with Crippen LogP contribution in [-0.4, -0.2) is 48.6 Å². The Hall–Kier alpha value is -3.75. The van der Waals surface area contributed by atoms with Crippen LogP contribution in [0.25, 0.3) is 32.0 Å². The highest BCUT2D eigenvalue weighted by atomic mass is 32.1. The van der Waals surface area contributed by atoms with Crippen LogP contribution in [0.15, 0.2) is 69.9 Å². The highest BCUT2D eigenvalue weighted by molar-refractivity contribution is 7.22. The van der Waals surface area contributed by atoms with Crippen LogP contribution in [0.2, 0.25) is 0 Å². The minimum atomic E-state index is -0.652. The molecule has 2 aromatic heterocycles. The fourth-order valence-corrected chi connectivity index (χ4v) is 5.51. The predicted octanol–water partition coefficient (Wildman–Crippen LogP) is 5.94. The quantitative estimate of drug-likeness (QED) is 0.179. The fraction of sp³-hybridized carbons (Fsp3) is 0.276. The molecule has 0 aliphatic heterocycles. The van der Waals surface area contributed by atoms with Gasteiger partial charge in [-0.15, -0.1) is 0 Å². The van der Waals surface area contributed by atoms with Crippen LogP contribution in [0.1, 0.15) is 31.1 Å². The van der Waals surface area contributed by atoms with Gasteiger partial charge in [0.15, 0.2) is 5.13 Å². The van der Waals surface area contributed by atoms with E-state index in [1.165, 1.54) is 11.3 Å². The van der Waals surface area contributed by atoms with E-state index in [0.717, 1.165) is 45.2 Å². The summed E-state index contributed by atoms with van der Waals surface area (Å²) in [6, 6.07) is 18.9. The predicted molar refractivity (Wildman–Crippen MR) is 150 cm³/mol. The molecule has 0 unspecified atom stereocenters. The summed E-state index contributed by atoms with van der Waals surface area (Å²) in [6.45, 7) is 9.45. The van der Waals surface area contributed by atoms with E-state index in [0.29, 0.717) is 30.4 Å². The van der Waals surface area contributed by atoms with Gasteiger partial charge in [0.05, 0.1) is 16.8 Å². The zero-order valence-corrected chi connectivity index (χ0v) is 22.0. The Morgan fingerprint density at radius 3 is 2.57 bits per heavy atom. The van der Waals surface area contributed by atoms with Crippen LogP contribution in [0.4, 0.5) is 5.13 Å². The lowest BCUT2D eigenvalue weighted by molar-refractivity contribution is 0.0980. The number of ether oxygens (including phenoxy) is 1. The van der Waals surface area contributed by atoms with Gasteiger partial charge in [-0.25, -0.2) is 9.78 Å². The Kier molecular flexibility index (Phi) is 7.21. The van der Waals surface area contributed by atoms with E-state index >= 15 is 0 Å². The molecule has 5 aromatic rings. The van der Waals surface area contributed by atoms with Crippen LogP contribution >= 0.6 is 11.3 Å². The third kappa shape index (κ3) is 4.95. The van der Waals surface area contributed by atoms with E-state index in [9.17, 15) is 9.59 Å². The van der Waals surface area contributed by atoms with Crippen molar-refractivity contribution in [3.63, 3.8) is 0 Å². The molecule has 0 saturated carbocycles. The summed E-state index contributed by atoms with van der Waals surface area (Å²) in [5.74, 6) is 0.341. The van der Waals surface area contributed by atoms with Gasteiger partial charge < -0.3 is 14.1 Å². The number of amides is 1. The molecular formula is C29H29N3O4S. The lowest BCUT2D eigenvalue weighted by Crippen LogP contribution is -2.40. The summed E-state index contributed by atoms with van der Waals surface area (Å²) in [6.07, 6.45) is 0. The van der Waals surface area contributed by atoms with Gasteiger partial charge in [0.1, 0.15) is 16.9 Å². The highest BCUT2D eigenvalue weighted by Gasteiger charge is 2.25. The third-order valence-electron chi connectivity index (χ3n) is 6.54. The van der Waals surface area contributed by atoms with Crippen molar-refractivity contribution in [3.05, 3.63) is 76.6 Å².